The van der Waals surface area contributed by atoms with Crippen LogP contribution in [0.25, 0.3) is 22.0 Å². The van der Waals surface area contributed by atoms with E-state index >= 15 is 0 Å². The number of fused-ring (bicyclic) bond motifs is 1. The fraction of sp³-hybridized carbons (Fsp3) is 0.172. The van der Waals surface area contributed by atoms with Gasteiger partial charge in [0.05, 0.1) is 5.52 Å². The van der Waals surface area contributed by atoms with Crippen molar-refractivity contribution in [2.24, 2.45) is 0 Å². The molecule has 8 heteroatoms. The molecule has 0 aliphatic carbocycles. The number of amides is 2. The van der Waals surface area contributed by atoms with E-state index in [0.717, 1.165) is 52.9 Å². The number of aromatic nitrogens is 2. The van der Waals surface area contributed by atoms with Gasteiger partial charge in [0.2, 0.25) is 17.8 Å². The molecule has 1 aliphatic heterocycles. The van der Waals surface area contributed by atoms with Crippen molar-refractivity contribution in [1.29, 1.82) is 0 Å². The molecule has 1 saturated heterocycles. The predicted octanol–water partition coefficient (Wildman–Crippen LogP) is 5.20. The SMILES string of the molecule is C=CC(=O)Nc1cccc(-c2cccc3cnc(Nc4ccc(NC5CCN(C(C)=O)C5)cc4)nc23)c1. The number of hydrogen-bond donors (Lipinski definition) is 3. The van der Waals surface area contributed by atoms with Crippen LogP contribution >= 0.6 is 0 Å². The van der Waals surface area contributed by atoms with Gasteiger partial charge in [0.25, 0.3) is 0 Å². The number of carbonyl (C=O) groups is 2. The highest BCUT2D eigenvalue weighted by molar-refractivity contribution is 6.00. The second kappa shape index (κ2) is 10.5. The Kier molecular flexibility index (Phi) is 6.81. The van der Waals surface area contributed by atoms with E-state index < -0.39 is 0 Å². The first-order valence-electron chi connectivity index (χ1n) is 12.2. The van der Waals surface area contributed by atoms with Gasteiger partial charge in [-0.15, -0.1) is 0 Å². The quantitative estimate of drug-likeness (QED) is 0.307. The molecule has 5 rings (SSSR count). The number of likely N-dealkylation sites (tertiary alicyclic amines) is 1. The fourth-order valence-corrected chi connectivity index (χ4v) is 4.49. The van der Waals surface area contributed by atoms with Gasteiger partial charge < -0.3 is 20.9 Å². The Morgan fingerprint density at radius 3 is 2.57 bits per heavy atom. The van der Waals surface area contributed by atoms with Crippen molar-refractivity contribution in [1.82, 2.24) is 14.9 Å². The number of anilines is 4. The van der Waals surface area contributed by atoms with Gasteiger partial charge >= 0.3 is 0 Å². The summed E-state index contributed by atoms with van der Waals surface area (Å²) in [5.41, 5.74) is 5.24. The minimum Gasteiger partial charge on any atom is -0.380 e. The zero-order valence-electron chi connectivity index (χ0n) is 20.6. The zero-order chi connectivity index (χ0) is 25.8. The molecular formula is C29H28N6O2. The third kappa shape index (κ3) is 5.59. The number of benzene rings is 3. The average molecular weight is 493 g/mol. The van der Waals surface area contributed by atoms with Gasteiger partial charge in [0.1, 0.15) is 0 Å². The highest BCUT2D eigenvalue weighted by Crippen LogP contribution is 2.30. The van der Waals surface area contributed by atoms with Gasteiger partial charge in [0, 0.05) is 60.3 Å². The van der Waals surface area contributed by atoms with Gasteiger partial charge in [-0.05, 0) is 54.5 Å². The van der Waals surface area contributed by atoms with Gasteiger partial charge in [-0.2, -0.15) is 0 Å². The first-order chi connectivity index (χ1) is 18.0. The summed E-state index contributed by atoms with van der Waals surface area (Å²) in [5.74, 6) is 0.352. The summed E-state index contributed by atoms with van der Waals surface area (Å²) >= 11 is 0. The molecule has 1 fully saturated rings. The van der Waals surface area contributed by atoms with E-state index in [-0.39, 0.29) is 17.9 Å². The van der Waals surface area contributed by atoms with Crippen molar-refractivity contribution in [2.45, 2.75) is 19.4 Å². The average Bonchev–Trinajstić information content (AvgIpc) is 3.38. The van der Waals surface area contributed by atoms with Gasteiger partial charge in [0.15, 0.2) is 0 Å². The number of hydrogen-bond acceptors (Lipinski definition) is 6. The molecule has 3 aromatic carbocycles. The van der Waals surface area contributed by atoms with E-state index in [1.54, 1.807) is 13.1 Å². The highest BCUT2D eigenvalue weighted by atomic mass is 16.2. The van der Waals surface area contributed by atoms with Gasteiger partial charge in [-0.25, -0.2) is 9.97 Å². The Bertz CT molecular complexity index is 1470. The van der Waals surface area contributed by atoms with Crippen LogP contribution in [-0.4, -0.2) is 45.8 Å². The van der Waals surface area contributed by atoms with E-state index in [9.17, 15) is 9.59 Å². The van der Waals surface area contributed by atoms with Crippen LogP contribution in [0.4, 0.5) is 23.0 Å². The molecule has 2 heterocycles. The van der Waals surface area contributed by atoms with Gasteiger partial charge in [-0.1, -0.05) is 36.9 Å². The summed E-state index contributed by atoms with van der Waals surface area (Å²) in [6, 6.07) is 21.8. The summed E-state index contributed by atoms with van der Waals surface area (Å²) in [7, 11) is 0. The van der Waals surface area contributed by atoms with E-state index in [1.807, 2.05) is 71.6 Å². The van der Waals surface area contributed by atoms with Crippen molar-refractivity contribution in [3.8, 4) is 11.1 Å². The molecule has 186 valence electrons. The molecule has 1 aliphatic rings. The lowest BCUT2D eigenvalue weighted by atomic mass is 10.0. The summed E-state index contributed by atoms with van der Waals surface area (Å²) in [6.07, 6.45) is 3.99. The minimum absolute atomic E-state index is 0.120. The monoisotopic (exact) mass is 492 g/mol. The van der Waals surface area contributed by atoms with Crippen molar-refractivity contribution >= 4 is 45.7 Å². The van der Waals surface area contributed by atoms with Crippen LogP contribution in [0, 0.1) is 0 Å². The standard InChI is InChI=1S/C29H28N6O2/c1-3-27(37)32-24-8-4-6-20(16-24)26-9-5-7-21-17-30-29(34-28(21)26)33-23-12-10-22(11-13-23)31-25-14-15-35(18-25)19(2)36/h3-13,16-17,25,31H,1,14-15,18H2,2H3,(H,32,37)(H,30,33,34). The maximum Gasteiger partial charge on any atom is 0.247 e. The van der Waals surface area contributed by atoms with Crippen LogP contribution in [0.15, 0.2) is 85.6 Å². The molecule has 1 aromatic heterocycles. The second-order valence-corrected chi connectivity index (χ2v) is 9.01. The molecule has 1 unspecified atom stereocenters. The molecular weight excluding hydrogens is 464 g/mol. The largest absolute Gasteiger partial charge is 0.380 e. The van der Waals surface area contributed by atoms with Crippen LogP contribution < -0.4 is 16.0 Å². The Morgan fingerprint density at radius 1 is 1.03 bits per heavy atom. The number of nitrogens with one attached hydrogen (secondary N) is 3. The molecule has 0 radical (unpaired) electrons. The molecule has 37 heavy (non-hydrogen) atoms. The molecule has 3 N–H and O–H groups in total. The third-order valence-electron chi connectivity index (χ3n) is 6.38. The van der Waals surface area contributed by atoms with E-state index in [2.05, 4.69) is 27.5 Å². The van der Waals surface area contributed by atoms with E-state index in [4.69, 9.17) is 4.98 Å². The molecule has 0 bridgehead atoms. The van der Waals surface area contributed by atoms with Crippen LogP contribution in [-0.2, 0) is 9.59 Å². The number of para-hydroxylation sites is 1. The summed E-state index contributed by atoms with van der Waals surface area (Å²) in [4.78, 5) is 34.5. The summed E-state index contributed by atoms with van der Waals surface area (Å²) in [6.45, 7) is 6.64. The third-order valence-corrected chi connectivity index (χ3v) is 6.38. The molecule has 0 saturated carbocycles. The number of carbonyl (C=O) groups excluding carboxylic acids is 2. The normalized spacial score (nSPS) is 14.8. The smallest absolute Gasteiger partial charge is 0.247 e. The molecule has 0 spiro atoms. The topological polar surface area (TPSA) is 99.2 Å². The van der Waals surface area contributed by atoms with Crippen molar-refractivity contribution in [3.63, 3.8) is 0 Å². The number of nitrogens with zero attached hydrogens (tertiary/aromatic N) is 3. The second-order valence-electron chi connectivity index (χ2n) is 9.01. The zero-order valence-corrected chi connectivity index (χ0v) is 20.6. The Morgan fingerprint density at radius 2 is 1.81 bits per heavy atom. The van der Waals surface area contributed by atoms with Crippen molar-refractivity contribution in [2.75, 3.05) is 29.0 Å². The maximum atomic E-state index is 11.7. The van der Waals surface area contributed by atoms with Crippen LogP contribution in [0.3, 0.4) is 0 Å². The first-order valence-corrected chi connectivity index (χ1v) is 12.2. The van der Waals surface area contributed by atoms with Crippen molar-refractivity contribution in [3.05, 3.63) is 85.6 Å². The Hall–Kier alpha value is -4.72. The highest BCUT2D eigenvalue weighted by Gasteiger charge is 2.23. The maximum absolute atomic E-state index is 11.7. The first kappa shape index (κ1) is 24.0. The number of rotatable bonds is 7. The predicted molar refractivity (Wildman–Crippen MR) is 148 cm³/mol. The Labute approximate surface area is 215 Å². The lowest BCUT2D eigenvalue weighted by molar-refractivity contribution is -0.127. The fourth-order valence-electron chi connectivity index (χ4n) is 4.49. The lowest BCUT2D eigenvalue weighted by Crippen LogP contribution is -2.29. The molecule has 1 atom stereocenters. The summed E-state index contributed by atoms with van der Waals surface area (Å²) in [5, 5.41) is 10.5. The van der Waals surface area contributed by atoms with Crippen LogP contribution in [0.2, 0.25) is 0 Å². The van der Waals surface area contributed by atoms with E-state index in [0.29, 0.717) is 11.6 Å². The minimum atomic E-state index is -0.258. The molecule has 2 amide bonds. The Balaban J connectivity index is 1.33. The molecule has 4 aromatic rings. The van der Waals surface area contributed by atoms with Crippen molar-refractivity contribution < 1.29 is 9.59 Å². The van der Waals surface area contributed by atoms with E-state index in [1.165, 1.54) is 6.08 Å². The van der Waals surface area contributed by atoms with Crippen LogP contribution in [0.5, 0.6) is 0 Å². The summed E-state index contributed by atoms with van der Waals surface area (Å²) < 4.78 is 0. The van der Waals surface area contributed by atoms with Crippen LogP contribution in [0.1, 0.15) is 13.3 Å². The van der Waals surface area contributed by atoms with Gasteiger partial charge in [-0.3, -0.25) is 9.59 Å². The lowest BCUT2D eigenvalue weighted by Gasteiger charge is -2.16. The molecule has 8 nitrogen and oxygen atoms in total.